The predicted octanol–water partition coefficient (Wildman–Crippen LogP) is 1.89. The Kier molecular flexibility index (Phi) is 2.63. The van der Waals surface area contributed by atoms with Gasteiger partial charge in [-0.05, 0) is 42.5 Å². The van der Waals surface area contributed by atoms with Crippen LogP contribution >= 0.6 is 0 Å². The van der Waals surface area contributed by atoms with Gasteiger partial charge in [-0.3, -0.25) is 4.79 Å². The highest BCUT2D eigenvalue weighted by Crippen LogP contribution is 2.39. The van der Waals surface area contributed by atoms with E-state index in [-0.39, 0.29) is 11.8 Å². The third kappa shape index (κ3) is 1.75. The zero-order valence-electron chi connectivity index (χ0n) is 10.1. The number of carbonyl (C=O) groups is 1. The molecule has 0 radical (unpaired) electrons. The molecule has 2 aliphatic heterocycles. The molecule has 3 heteroatoms. The second-order valence-electron chi connectivity index (χ2n) is 4.97. The van der Waals surface area contributed by atoms with Crippen molar-refractivity contribution in [1.82, 2.24) is 5.32 Å². The topological polar surface area (TPSA) is 41.1 Å². The first-order valence-electron chi connectivity index (χ1n) is 6.44. The molecule has 0 bridgehead atoms. The smallest absolute Gasteiger partial charge is 0.229 e. The fourth-order valence-corrected chi connectivity index (χ4v) is 2.98. The summed E-state index contributed by atoms with van der Waals surface area (Å²) in [6, 6.07) is 6.45. The van der Waals surface area contributed by atoms with Crippen molar-refractivity contribution < 1.29 is 4.79 Å². The van der Waals surface area contributed by atoms with E-state index in [2.05, 4.69) is 35.8 Å². The van der Waals surface area contributed by atoms with Crippen molar-refractivity contribution in [3.63, 3.8) is 0 Å². The van der Waals surface area contributed by atoms with Crippen LogP contribution in [0, 0.1) is 5.92 Å². The molecule has 0 aromatic heterocycles. The second kappa shape index (κ2) is 4.15. The molecule has 3 rings (SSSR count). The molecular formula is C14H18N2O. The molecule has 2 unspecified atom stereocenters. The van der Waals surface area contributed by atoms with E-state index in [1.54, 1.807) is 0 Å². The minimum atomic E-state index is 0.114. The van der Waals surface area contributed by atoms with E-state index >= 15 is 0 Å². The lowest BCUT2D eigenvalue weighted by Gasteiger charge is -2.36. The molecule has 17 heavy (non-hydrogen) atoms. The summed E-state index contributed by atoms with van der Waals surface area (Å²) >= 11 is 0. The Balaban J connectivity index is 2.04. The Morgan fingerprint density at radius 1 is 1.35 bits per heavy atom. The predicted molar refractivity (Wildman–Crippen MR) is 68.2 cm³/mol. The van der Waals surface area contributed by atoms with Crippen molar-refractivity contribution in [3.8, 4) is 0 Å². The number of piperidine rings is 1. The van der Waals surface area contributed by atoms with Crippen LogP contribution in [0.15, 0.2) is 18.2 Å². The Morgan fingerprint density at radius 3 is 3.06 bits per heavy atom. The number of nitrogens with one attached hydrogen (secondary N) is 2. The molecular weight excluding hydrogens is 212 g/mol. The zero-order valence-corrected chi connectivity index (χ0v) is 10.1. The largest absolute Gasteiger partial charge is 0.326 e. The van der Waals surface area contributed by atoms with Gasteiger partial charge < -0.3 is 10.6 Å². The van der Waals surface area contributed by atoms with Gasteiger partial charge in [0.05, 0.1) is 5.92 Å². The molecule has 1 saturated heterocycles. The van der Waals surface area contributed by atoms with Crippen molar-refractivity contribution in [2.24, 2.45) is 5.92 Å². The van der Waals surface area contributed by atoms with Crippen molar-refractivity contribution in [3.05, 3.63) is 29.3 Å². The van der Waals surface area contributed by atoms with Crippen LogP contribution in [0.3, 0.4) is 0 Å². The van der Waals surface area contributed by atoms with Crippen LogP contribution < -0.4 is 10.6 Å². The summed E-state index contributed by atoms with van der Waals surface area (Å²) < 4.78 is 0. The molecule has 0 saturated carbocycles. The Morgan fingerprint density at radius 2 is 2.24 bits per heavy atom. The van der Waals surface area contributed by atoms with Crippen LogP contribution in [0.2, 0.25) is 0 Å². The fourth-order valence-electron chi connectivity index (χ4n) is 2.98. The maximum atomic E-state index is 12.0. The molecule has 90 valence electrons. The Labute approximate surface area is 102 Å². The average molecular weight is 230 g/mol. The van der Waals surface area contributed by atoms with E-state index in [4.69, 9.17) is 0 Å². The normalized spacial score (nSPS) is 27.0. The number of benzene rings is 1. The lowest BCUT2D eigenvalue weighted by atomic mass is 9.77. The first-order chi connectivity index (χ1) is 8.29. The van der Waals surface area contributed by atoms with Crippen LogP contribution in [0.1, 0.15) is 30.4 Å². The standard InChI is InChI=1S/C14H18N2O/c1-2-9-3-4-13-11(7-9)10-5-6-15-8-12(10)14(17)16-13/h3-4,7,10,12,15H,2,5-6,8H2,1H3,(H,16,17). The summed E-state index contributed by atoms with van der Waals surface area (Å²) in [6.07, 6.45) is 2.12. The number of hydrogen-bond donors (Lipinski definition) is 2. The number of hydrogen-bond acceptors (Lipinski definition) is 2. The summed E-state index contributed by atoms with van der Waals surface area (Å²) in [6.45, 7) is 4.00. The van der Waals surface area contributed by atoms with Gasteiger partial charge in [0.25, 0.3) is 0 Å². The van der Waals surface area contributed by atoms with E-state index in [1.807, 2.05) is 0 Å². The number of rotatable bonds is 1. The first kappa shape index (κ1) is 10.8. The summed E-state index contributed by atoms with van der Waals surface area (Å²) in [5.41, 5.74) is 3.72. The molecule has 2 N–H and O–H groups in total. The van der Waals surface area contributed by atoms with Crippen molar-refractivity contribution in [2.75, 3.05) is 18.4 Å². The van der Waals surface area contributed by atoms with Gasteiger partial charge in [0.15, 0.2) is 0 Å². The van der Waals surface area contributed by atoms with E-state index in [1.165, 1.54) is 11.1 Å². The molecule has 1 amide bonds. The summed E-state index contributed by atoms with van der Waals surface area (Å²) in [4.78, 5) is 12.0. The SMILES string of the molecule is CCc1ccc2c(c1)C1CCNCC1C(=O)N2. The molecule has 2 aliphatic rings. The van der Waals surface area contributed by atoms with Gasteiger partial charge in [-0.25, -0.2) is 0 Å². The van der Waals surface area contributed by atoms with Crippen molar-refractivity contribution >= 4 is 11.6 Å². The van der Waals surface area contributed by atoms with E-state index in [9.17, 15) is 4.79 Å². The highest BCUT2D eigenvalue weighted by molar-refractivity contribution is 5.97. The van der Waals surface area contributed by atoms with Gasteiger partial charge in [0.2, 0.25) is 5.91 Å². The van der Waals surface area contributed by atoms with Crippen molar-refractivity contribution in [1.29, 1.82) is 0 Å². The molecule has 0 spiro atoms. The minimum Gasteiger partial charge on any atom is -0.326 e. The third-order valence-corrected chi connectivity index (χ3v) is 4.00. The summed E-state index contributed by atoms with van der Waals surface area (Å²) in [7, 11) is 0. The second-order valence-corrected chi connectivity index (χ2v) is 4.97. The van der Waals surface area contributed by atoms with Crippen LogP contribution in [0.25, 0.3) is 0 Å². The van der Waals surface area contributed by atoms with Crippen LogP contribution in [-0.4, -0.2) is 19.0 Å². The van der Waals surface area contributed by atoms with Gasteiger partial charge in [-0.1, -0.05) is 19.1 Å². The summed E-state index contributed by atoms with van der Waals surface area (Å²) in [5, 5.41) is 6.34. The maximum Gasteiger partial charge on any atom is 0.229 e. The Bertz CT molecular complexity index is 456. The Hall–Kier alpha value is -1.35. The molecule has 3 nitrogen and oxygen atoms in total. The number of amides is 1. The first-order valence-corrected chi connectivity index (χ1v) is 6.44. The zero-order chi connectivity index (χ0) is 11.8. The van der Waals surface area contributed by atoms with Crippen LogP contribution in [-0.2, 0) is 11.2 Å². The molecule has 1 aromatic rings. The number of anilines is 1. The highest BCUT2D eigenvalue weighted by atomic mass is 16.2. The van der Waals surface area contributed by atoms with Gasteiger partial charge in [-0.15, -0.1) is 0 Å². The lowest BCUT2D eigenvalue weighted by molar-refractivity contribution is -0.121. The molecule has 1 aromatic carbocycles. The number of aryl methyl sites for hydroxylation is 1. The van der Waals surface area contributed by atoms with Crippen molar-refractivity contribution in [2.45, 2.75) is 25.7 Å². The lowest BCUT2D eigenvalue weighted by Crippen LogP contribution is -2.44. The van der Waals surface area contributed by atoms with Gasteiger partial charge in [0, 0.05) is 12.2 Å². The summed E-state index contributed by atoms with van der Waals surface area (Å²) in [5.74, 6) is 0.703. The number of fused-ring (bicyclic) bond motifs is 3. The minimum absolute atomic E-state index is 0.114. The number of carbonyl (C=O) groups excluding carboxylic acids is 1. The van der Waals surface area contributed by atoms with Gasteiger partial charge in [-0.2, -0.15) is 0 Å². The third-order valence-electron chi connectivity index (χ3n) is 4.00. The quantitative estimate of drug-likeness (QED) is 0.773. The average Bonchev–Trinajstić information content (AvgIpc) is 2.39. The van der Waals surface area contributed by atoms with E-state index in [0.29, 0.717) is 5.92 Å². The molecule has 1 fully saturated rings. The van der Waals surface area contributed by atoms with E-state index < -0.39 is 0 Å². The molecule has 2 heterocycles. The fraction of sp³-hybridized carbons (Fsp3) is 0.500. The molecule has 0 aliphatic carbocycles. The monoisotopic (exact) mass is 230 g/mol. The maximum absolute atomic E-state index is 12.0. The van der Waals surface area contributed by atoms with Crippen LogP contribution in [0.4, 0.5) is 5.69 Å². The van der Waals surface area contributed by atoms with Gasteiger partial charge in [0.1, 0.15) is 0 Å². The van der Waals surface area contributed by atoms with Crippen LogP contribution in [0.5, 0.6) is 0 Å². The van der Waals surface area contributed by atoms with Gasteiger partial charge >= 0.3 is 0 Å². The molecule has 2 atom stereocenters. The van der Waals surface area contributed by atoms with E-state index in [0.717, 1.165) is 31.6 Å². The highest BCUT2D eigenvalue weighted by Gasteiger charge is 2.37.